The molecule has 0 saturated heterocycles. The molecule has 0 saturated carbocycles. The van der Waals surface area contributed by atoms with Gasteiger partial charge < -0.3 is 14.8 Å². The largest absolute Gasteiger partial charge is 0.453 e. The zero-order valence-corrected chi connectivity index (χ0v) is 17.5. The van der Waals surface area contributed by atoms with E-state index in [1.165, 1.54) is 0 Å². The van der Waals surface area contributed by atoms with E-state index in [9.17, 15) is 0 Å². The van der Waals surface area contributed by atoms with Crippen LogP contribution in [0.1, 0.15) is 20.3 Å². The number of fused-ring (bicyclic) bond motifs is 4. The van der Waals surface area contributed by atoms with Gasteiger partial charge in [0.1, 0.15) is 5.69 Å². The normalized spacial score (nSPS) is 14.2. The molecule has 0 aromatic heterocycles. The van der Waals surface area contributed by atoms with Crippen LogP contribution >= 0.6 is 11.6 Å². The first-order valence-electron chi connectivity index (χ1n) is 9.97. The third kappa shape index (κ3) is 3.10. The fraction of sp³-hybridized carbons (Fsp3) is 0.120. The van der Waals surface area contributed by atoms with Gasteiger partial charge in [0.25, 0.3) is 0 Å². The maximum Gasteiger partial charge on any atom is 0.157 e. The minimum absolute atomic E-state index is 0.669. The first-order valence-corrected chi connectivity index (χ1v) is 10.4. The van der Waals surface area contributed by atoms with Crippen LogP contribution < -0.4 is 19.7 Å². The topological polar surface area (TPSA) is 33.7 Å². The highest BCUT2D eigenvalue weighted by molar-refractivity contribution is 6.31. The van der Waals surface area contributed by atoms with Gasteiger partial charge in [0.05, 0.1) is 16.4 Å². The number of benzene rings is 3. The fourth-order valence-corrected chi connectivity index (χ4v) is 3.85. The summed E-state index contributed by atoms with van der Waals surface area (Å²) in [4.78, 5) is 2.20. The van der Waals surface area contributed by atoms with Crippen LogP contribution in [0.25, 0.3) is 0 Å². The molecule has 0 fully saturated rings. The van der Waals surface area contributed by atoms with E-state index < -0.39 is 0 Å². The Labute approximate surface area is 181 Å². The molecule has 30 heavy (non-hydrogen) atoms. The molecular formula is C25H21ClN2O2. The summed E-state index contributed by atoms with van der Waals surface area (Å²) in [6, 6.07) is 20.0. The van der Waals surface area contributed by atoms with Gasteiger partial charge in [-0.05, 0) is 43.7 Å². The lowest BCUT2D eigenvalue weighted by Crippen LogP contribution is -2.20. The number of para-hydroxylation sites is 4. The molecule has 0 bridgehead atoms. The Kier molecular flexibility index (Phi) is 4.64. The third-order valence-corrected chi connectivity index (χ3v) is 5.52. The number of hydrogen-bond donors (Lipinski definition) is 1. The quantitative estimate of drug-likeness (QED) is 0.299. The minimum Gasteiger partial charge on any atom is -0.453 e. The van der Waals surface area contributed by atoms with E-state index in [0.717, 1.165) is 57.9 Å². The Hall–Kier alpha value is -3.37. The summed E-state index contributed by atoms with van der Waals surface area (Å²) in [5, 5.41) is 4.05. The third-order valence-electron chi connectivity index (χ3n) is 5.11. The van der Waals surface area contributed by atoms with Crippen molar-refractivity contribution in [2.75, 3.05) is 10.2 Å². The van der Waals surface area contributed by atoms with Crippen LogP contribution in [0.5, 0.6) is 23.0 Å². The summed E-state index contributed by atoms with van der Waals surface area (Å²) in [5.41, 5.74) is 4.59. The zero-order chi connectivity index (χ0) is 20.7. The van der Waals surface area contributed by atoms with Gasteiger partial charge in [0, 0.05) is 23.5 Å². The molecule has 3 aromatic rings. The van der Waals surface area contributed by atoms with Crippen molar-refractivity contribution in [3.63, 3.8) is 0 Å². The van der Waals surface area contributed by atoms with E-state index in [2.05, 4.69) is 29.3 Å². The summed E-state index contributed by atoms with van der Waals surface area (Å²) in [5.74, 6) is 3.08. The van der Waals surface area contributed by atoms with Crippen molar-refractivity contribution >= 4 is 34.4 Å². The summed E-state index contributed by atoms with van der Waals surface area (Å²) >= 11 is 6.40. The number of ether oxygens (including phenoxy) is 2. The van der Waals surface area contributed by atoms with E-state index in [1.807, 2.05) is 67.6 Å². The number of hydrogen-bond acceptors (Lipinski definition) is 4. The second-order valence-corrected chi connectivity index (χ2v) is 7.61. The van der Waals surface area contributed by atoms with Gasteiger partial charge in [-0.15, -0.1) is 0 Å². The Morgan fingerprint density at radius 1 is 0.933 bits per heavy atom. The Morgan fingerprint density at radius 2 is 1.50 bits per heavy atom. The molecule has 1 N–H and O–H groups in total. The Bertz CT molecular complexity index is 1130. The zero-order valence-electron chi connectivity index (χ0n) is 16.8. The predicted molar refractivity (Wildman–Crippen MR) is 123 cm³/mol. The van der Waals surface area contributed by atoms with Crippen LogP contribution in [0.2, 0.25) is 0 Å². The van der Waals surface area contributed by atoms with Crippen LogP contribution in [0.3, 0.4) is 0 Å². The number of nitrogens with zero attached hydrogens (tertiary/aromatic N) is 1. The van der Waals surface area contributed by atoms with Crippen LogP contribution in [-0.4, -0.2) is 0 Å². The smallest absolute Gasteiger partial charge is 0.157 e. The fourth-order valence-electron chi connectivity index (χ4n) is 3.72. The van der Waals surface area contributed by atoms with Crippen molar-refractivity contribution in [2.45, 2.75) is 20.3 Å². The van der Waals surface area contributed by atoms with E-state index in [1.54, 1.807) is 0 Å². The second-order valence-electron chi connectivity index (χ2n) is 7.20. The average Bonchev–Trinajstić information content (AvgIpc) is 2.76. The molecule has 3 aromatic carbocycles. The van der Waals surface area contributed by atoms with Crippen molar-refractivity contribution in [3.8, 4) is 23.0 Å². The molecule has 0 spiro atoms. The van der Waals surface area contributed by atoms with Crippen LogP contribution in [-0.2, 0) is 0 Å². The van der Waals surface area contributed by atoms with Gasteiger partial charge in [0.15, 0.2) is 23.0 Å². The number of nitrogens with one attached hydrogen (secondary N) is 1. The molecule has 0 atom stereocenters. The van der Waals surface area contributed by atoms with E-state index in [0.29, 0.717) is 5.03 Å². The van der Waals surface area contributed by atoms with Crippen LogP contribution in [0, 0.1) is 0 Å². The Morgan fingerprint density at radius 3 is 2.07 bits per heavy atom. The molecule has 0 aliphatic carbocycles. The van der Waals surface area contributed by atoms with Crippen molar-refractivity contribution < 1.29 is 9.47 Å². The van der Waals surface area contributed by atoms with E-state index in [-0.39, 0.29) is 0 Å². The maximum atomic E-state index is 6.40. The highest BCUT2D eigenvalue weighted by Crippen LogP contribution is 2.60. The van der Waals surface area contributed by atoms with Crippen molar-refractivity contribution in [1.29, 1.82) is 0 Å². The lowest BCUT2D eigenvalue weighted by Gasteiger charge is -2.38. The predicted octanol–water partition coefficient (Wildman–Crippen LogP) is 8.22. The monoisotopic (exact) mass is 416 g/mol. The molecule has 5 heteroatoms. The summed E-state index contributed by atoms with van der Waals surface area (Å²) < 4.78 is 12.5. The van der Waals surface area contributed by atoms with Crippen molar-refractivity contribution in [3.05, 3.63) is 83.5 Å². The summed E-state index contributed by atoms with van der Waals surface area (Å²) in [7, 11) is 0. The van der Waals surface area contributed by atoms with Gasteiger partial charge in [-0.25, -0.2) is 0 Å². The maximum absolute atomic E-state index is 6.40. The summed E-state index contributed by atoms with van der Waals surface area (Å²) in [6.07, 6.45) is 4.87. The number of halogens is 1. The molecule has 5 rings (SSSR count). The van der Waals surface area contributed by atoms with E-state index >= 15 is 0 Å². The average molecular weight is 417 g/mol. The van der Waals surface area contributed by atoms with Crippen LogP contribution in [0.15, 0.2) is 83.5 Å². The molecule has 150 valence electrons. The lowest BCUT2D eigenvalue weighted by atomic mass is 10.1. The van der Waals surface area contributed by atoms with Crippen molar-refractivity contribution in [2.24, 2.45) is 0 Å². The van der Waals surface area contributed by atoms with Gasteiger partial charge in [-0.2, -0.15) is 0 Å². The second kappa shape index (κ2) is 7.47. The standard InChI is InChI=1S/C25H21ClN2O2/c1-3-4-9-18(26)16(2)27-17-14-23-25-24(15-17)30-22-13-8-6-11-20(22)28(25)19-10-5-7-12-21(19)29-23/h4-15,27H,3H2,1-2H3/b9-4-,18-16-. The molecule has 0 radical (unpaired) electrons. The number of anilines is 4. The lowest BCUT2D eigenvalue weighted by molar-refractivity contribution is 0.446. The summed E-state index contributed by atoms with van der Waals surface area (Å²) in [6.45, 7) is 4.03. The molecule has 0 amide bonds. The molecule has 2 aliphatic rings. The van der Waals surface area contributed by atoms with Crippen molar-refractivity contribution in [1.82, 2.24) is 0 Å². The SMILES string of the molecule is CC/C=C\C(Cl)=C(/C)Nc1cc2c3c(c1)Oc1ccccc1N3c1ccccc1O2. The number of rotatable bonds is 4. The molecule has 0 unspecified atom stereocenters. The first-order chi connectivity index (χ1) is 14.7. The molecular weight excluding hydrogens is 396 g/mol. The van der Waals surface area contributed by atoms with E-state index in [4.69, 9.17) is 21.1 Å². The minimum atomic E-state index is 0.669. The Balaban J connectivity index is 1.63. The molecule has 2 heterocycles. The highest BCUT2D eigenvalue weighted by atomic mass is 35.5. The van der Waals surface area contributed by atoms with Gasteiger partial charge in [0.2, 0.25) is 0 Å². The van der Waals surface area contributed by atoms with Crippen LogP contribution in [0.4, 0.5) is 22.7 Å². The highest BCUT2D eigenvalue weighted by Gasteiger charge is 2.34. The van der Waals surface area contributed by atoms with Gasteiger partial charge >= 0.3 is 0 Å². The van der Waals surface area contributed by atoms with Gasteiger partial charge in [-0.3, -0.25) is 4.90 Å². The first kappa shape index (κ1) is 18.6. The molecule has 4 nitrogen and oxygen atoms in total. The molecule has 2 aliphatic heterocycles. The van der Waals surface area contributed by atoms with Gasteiger partial charge in [-0.1, -0.05) is 48.9 Å². The number of allylic oxidation sites excluding steroid dienone is 4.